The second-order valence-corrected chi connectivity index (χ2v) is 6.07. The quantitative estimate of drug-likeness (QED) is 0.770. The fourth-order valence-corrected chi connectivity index (χ4v) is 2.67. The molecule has 0 saturated carbocycles. The van der Waals surface area contributed by atoms with E-state index in [4.69, 9.17) is 23.2 Å². The van der Waals surface area contributed by atoms with Crippen molar-refractivity contribution >= 4 is 35.0 Å². The number of carbonyl (C=O) groups is 2. The molecule has 0 atom stereocenters. The summed E-state index contributed by atoms with van der Waals surface area (Å²) >= 11 is 11.8. The predicted octanol–water partition coefficient (Wildman–Crippen LogP) is 2.72. The molecule has 1 aromatic rings. The number of nitrogens with zero attached hydrogens (tertiary/aromatic N) is 1. The maximum absolute atomic E-state index is 12.0. The molecule has 1 aliphatic rings. The van der Waals surface area contributed by atoms with Crippen LogP contribution in [0.4, 0.5) is 0 Å². The number of halogens is 2. The molecule has 0 bridgehead atoms. The lowest BCUT2D eigenvalue weighted by Crippen LogP contribution is -2.30. The molecule has 0 spiro atoms. The van der Waals surface area contributed by atoms with E-state index in [-0.39, 0.29) is 12.1 Å². The number of benzene rings is 1. The van der Waals surface area contributed by atoms with E-state index in [1.54, 1.807) is 19.1 Å². The third-order valence-corrected chi connectivity index (χ3v) is 4.43. The first-order valence-electron chi connectivity index (χ1n) is 7.37. The molecule has 124 valence electrons. The number of carbonyl (C=O) groups excluding carboxylic acids is 2. The van der Waals surface area contributed by atoms with Crippen LogP contribution in [0.5, 0.6) is 0 Å². The second kappa shape index (κ2) is 7.70. The Kier molecular flexibility index (Phi) is 5.91. The van der Waals surface area contributed by atoms with Gasteiger partial charge in [0.15, 0.2) is 5.76 Å². The van der Waals surface area contributed by atoms with Gasteiger partial charge in [0.25, 0.3) is 11.8 Å². The lowest BCUT2D eigenvalue weighted by molar-refractivity contribution is -0.127. The molecule has 5 nitrogen and oxygen atoms in total. The third kappa shape index (κ3) is 4.18. The van der Waals surface area contributed by atoms with Gasteiger partial charge in [0.2, 0.25) is 0 Å². The van der Waals surface area contributed by atoms with Crippen LogP contribution in [0, 0.1) is 0 Å². The fraction of sp³-hybridized carbons (Fsp3) is 0.375. The number of amides is 2. The van der Waals surface area contributed by atoms with Gasteiger partial charge in [-0.15, -0.1) is 0 Å². The summed E-state index contributed by atoms with van der Waals surface area (Å²) in [5.41, 5.74) is 1.16. The van der Waals surface area contributed by atoms with Gasteiger partial charge in [-0.3, -0.25) is 9.59 Å². The molecule has 0 aliphatic carbocycles. The van der Waals surface area contributed by atoms with Gasteiger partial charge < -0.3 is 15.3 Å². The summed E-state index contributed by atoms with van der Waals surface area (Å²) in [5.74, 6) is -1.34. The van der Waals surface area contributed by atoms with E-state index >= 15 is 0 Å². The van der Waals surface area contributed by atoms with E-state index in [0.29, 0.717) is 29.6 Å². The van der Waals surface area contributed by atoms with E-state index in [1.807, 2.05) is 6.07 Å². The van der Waals surface area contributed by atoms with E-state index in [0.717, 1.165) is 12.0 Å². The van der Waals surface area contributed by atoms with Gasteiger partial charge in [-0.2, -0.15) is 0 Å². The average Bonchev–Trinajstić information content (AvgIpc) is 2.82. The van der Waals surface area contributed by atoms with Gasteiger partial charge in [0.05, 0.1) is 22.2 Å². The molecule has 7 heteroatoms. The molecule has 0 radical (unpaired) electrons. The number of hydrogen-bond acceptors (Lipinski definition) is 3. The van der Waals surface area contributed by atoms with Crippen LogP contribution in [0.2, 0.25) is 10.0 Å². The molecule has 0 aromatic heterocycles. The van der Waals surface area contributed by atoms with Crippen molar-refractivity contribution in [1.29, 1.82) is 0 Å². The standard InChI is InChI=1S/C16H18Cl2N2O3/c1-2-20-9-11(14(21)16(20)23)15(22)19-7-3-4-10-5-6-12(17)13(18)8-10/h5-6,8,21H,2-4,7,9H2,1H3,(H,19,22). The molecule has 2 N–H and O–H groups in total. The molecular weight excluding hydrogens is 339 g/mol. The zero-order chi connectivity index (χ0) is 17.0. The number of aliphatic hydroxyl groups excluding tert-OH is 1. The van der Waals surface area contributed by atoms with E-state index in [1.165, 1.54) is 4.90 Å². The molecule has 0 saturated heterocycles. The molecule has 2 rings (SSSR count). The Labute approximate surface area is 144 Å². The lowest BCUT2D eigenvalue weighted by atomic mass is 10.1. The van der Waals surface area contributed by atoms with Crippen molar-refractivity contribution in [2.24, 2.45) is 0 Å². The summed E-state index contributed by atoms with van der Waals surface area (Å²) < 4.78 is 0. The minimum Gasteiger partial charge on any atom is -0.503 e. The Balaban J connectivity index is 1.81. The van der Waals surface area contributed by atoms with Crippen molar-refractivity contribution < 1.29 is 14.7 Å². The zero-order valence-corrected chi connectivity index (χ0v) is 14.2. The van der Waals surface area contributed by atoms with Crippen molar-refractivity contribution in [3.05, 3.63) is 45.1 Å². The summed E-state index contributed by atoms with van der Waals surface area (Å²) in [4.78, 5) is 25.1. The summed E-state index contributed by atoms with van der Waals surface area (Å²) in [6.07, 6.45) is 1.45. The summed E-state index contributed by atoms with van der Waals surface area (Å²) in [5, 5.41) is 13.5. The van der Waals surface area contributed by atoms with Crippen molar-refractivity contribution in [1.82, 2.24) is 10.2 Å². The van der Waals surface area contributed by atoms with Crippen molar-refractivity contribution in [3.8, 4) is 0 Å². The molecule has 23 heavy (non-hydrogen) atoms. The molecule has 2 amide bonds. The Morgan fingerprint density at radius 3 is 2.70 bits per heavy atom. The summed E-state index contributed by atoms with van der Waals surface area (Å²) in [6.45, 7) is 2.84. The SMILES string of the molecule is CCN1CC(C(=O)NCCCc2ccc(Cl)c(Cl)c2)=C(O)C1=O. The number of hydrogen-bond donors (Lipinski definition) is 2. The van der Waals surface area contributed by atoms with Gasteiger partial charge in [-0.1, -0.05) is 29.3 Å². The highest BCUT2D eigenvalue weighted by atomic mass is 35.5. The van der Waals surface area contributed by atoms with Crippen LogP contribution in [-0.4, -0.2) is 41.5 Å². The minimum atomic E-state index is -0.492. The highest BCUT2D eigenvalue weighted by molar-refractivity contribution is 6.42. The highest BCUT2D eigenvalue weighted by Gasteiger charge is 2.32. The maximum atomic E-state index is 12.0. The number of aryl methyl sites for hydroxylation is 1. The fourth-order valence-electron chi connectivity index (χ4n) is 2.35. The van der Waals surface area contributed by atoms with E-state index < -0.39 is 17.6 Å². The first-order valence-corrected chi connectivity index (χ1v) is 8.13. The van der Waals surface area contributed by atoms with Crippen LogP contribution < -0.4 is 5.32 Å². The number of aliphatic hydroxyl groups is 1. The number of nitrogens with one attached hydrogen (secondary N) is 1. The largest absolute Gasteiger partial charge is 0.503 e. The van der Waals surface area contributed by atoms with Crippen molar-refractivity contribution in [2.45, 2.75) is 19.8 Å². The predicted molar refractivity (Wildman–Crippen MR) is 89.7 cm³/mol. The minimum absolute atomic E-state index is 0.131. The Hall–Kier alpha value is -1.72. The first kappa shape index (κ1) is 17.6. The lowest BCUT2D eigenvalue weighted by Gasteiger charge is -2.12. The first-order chi connectivity index (χ1) is 10.9. The topological polar surface area (TPSA) is 69.6 Å². The van der Waals surface area contributed by atoms with Gasteiger partial charge in [-0.25, -0.2) is 0 Å². The van der Waals surface area contributed by atoms with Crippen molar-refractivity contribution in [3.63, 3.8) is 0 Å². The average molecular weight is 357 g/mol. The van der Waals surface area contributed by atoms with Crippen LogP contribution in [-0.2, 0) is 16.0 Å². The molecule has 0 fully saturated rings. The van der Waals surface area contributed by atoms with Gasteiger partial charge in [0, 0.05) is 13.1 Å². The van der Waals surface area contributed by atoms with E-state index in [9.17, 15) is 14.7 Å². The van der Waals surface area contributed by atoms with Crippen LogP contribution in [0.25, 0.3) is 0 Å². The number of rotatable bonds is 6. The number of likely N-dealkylation sites (N-methyl/N-ethyl adjacent to an activating group) is 1. The van der Waals surface area contributed by atoms with Crippen LogP contribution in [0.15, 0.2) is 29.5 Å². The van der Waals surface area contributed by atoms with Crippen LogP contribution >= 0.6 is 23.2 Å². The normalized spacial score (nSPS) is 14.6. The third-order valence-electron chi connectivity index (χ3n) is 3.69. The molecule has 0 unspecified atom stereocenters. The van der Waals surface area contributed by atoms with Crippen LogP contribution in [0.3, 0.4) is 0 Å². The molecule has 1 aromatic carbocycles. The van der Waals surface area contributed by atoms with Gasteiger partial charge >= 0.3 is 0 Å². The molecule has 1 aliphatic heterocycles. The molecular formula is C16H18Cl2N2O3. The van der Waals surface area contributed by atoms with Gasteiger partial charge in [0.1, 0.15) is 0 Å². The smallest absolute Gasteiger partial charge is 0.289 e. The zero-order valence-electron chi connectivity index (χ0n) is 12.7. The monoisotopic (exact) mass is 356 g/mol. The Bertz CT molecular complexity index is 659. The van der Waals surface area contributed by atoms with Gasteiger partial charge in [-0.05, 0) is 37.5 Å². The highest BCUT2D eigenvalue weighted by Crippen LogP contribution is 2.23. The van der Waals surface area contributed by atoms with Crippen molar-refractivity contribution in [2.75, 3.05) is 19.6 Å². The Morgan fingerprint density at radius 1 is 1.35 bits per heavy atom. The van der Waals surface area contributed by atoms with Crippen LogP contribution in [0.1, 0.15) is 18.9 Å². The second-order valence-electron chi connectivity index (χ2n) is 5.25. The maximum Gasteiger partial charge on any atom is 0.289 e. The summed E-state index contributed by atoms with van der Waals surface area (Å²) in [6, 6.07) is 5.43. The summed E-state index contributed by atoms with van der Waals surface area (Å²) in [7, 11) is 0. The van der Waals surface area contributed by atoms with E-state index in [2.05, 4.69) is 5.32 Å². The Morgan fingerprint density at radius 2 is 2.09 bits per heavy atom. The molecule has 1 heterocycles.